The second-order valence-corrected chi connectivity index (χ2v) is 5.56. The second-order valence-electron chi connectivity index (χ2n) is 5.15. The molecule has 0 fully saturated rings. The van der Waals surface area contributed by atoms with Gasteiger partial charge in [0.15, 0.2) is 10.5 Å². The van der Waals surface area contributed by atoms with E-state index in [1.807, 2.05) is 31.2 Å². The Hall–Kier alpha value is -2.41. The zero-order valence-electron chi connectivity index (χ0n) is 12.3. The molecule has 2 aromatic rings. The van der Waals surface area contributed by atoms with Crippen LogP contribution in [0.15, 0.2) is 34.1 Å². The maximum atomic E-state index is 12.0. The molecule has 1 aromatic heterocycles. The van der Waals surface area contributed by atoms with Crippen LogP contribution in [0.4, 0.5) is 11.5 Å². The van der Waals surface area contributed by atoms with Gasteiger partial charge in [0.25, 0.3) is 5.56 Å². The summed E-state index contributed by atoms with van der Waals surface area (Å²) in [5.74, 6) is 1.35. The van der Waals surface area contributed by atoms with Crippen LogP contribution in [0.3, 0.4) is 0 Å². The minimum atomic E-state index is -0.291. The molecule has 0 aliphatic carbocycles. The number of methoxy groups -OCH3 is 1. The second kappa shape index (κ2) is 5.76. The molecule has 0 saturated heterocycles. The summed E-state index contributed by atoms with van der Waals surface area (Å²) in [5, 5.41) is 3.33. The lowest BCUT2D eigenvalue weighted by molar-refractivity contribution is 0.414. The van der Waals surface area contributed by atoms with E-state index in [-0.39, 0.29) is 16.4 Å². The number of aromatic nitrogens is 2. The lowest BCUT2D eigenvalue weighted by atomic mass is 10.0. The van der Waals surface area contributed by atoms with Gasteiger partial charge in [-0.25, -0.2) is 4.99 Å². The zero-order valence-corrected chi connectivity index (χ0v) is 13.1. The molecule has 0 saturated carbocycles. The van der Waals surface area contributed by atoms with Crippen molar-refractivity contribution in [1.29, 1.82) is 0 Å². The molecule has 0 radical (unpaired) electrons. The number of aromatic amines is 2. The molecule has 2 heterocycles. The fraction of sp³-hybridized carbons (Fsp3) is 0.267. The first kappa shape index (κ1) is 14.5. The van der Waals surface area contributed by atoms with Crippen molar-refractivity contribution in [3.05, 3.63) is 45.0 Å². The number of anilines is 1. The van der Waals surface area contributed by atoms with Crippen molar-refractivity contribution >= 4 is 29.4 Å². The summed E-state index contributed by atoms with van der Waals surface area (Å²) in [6.45, 7) is 1.91. The molecule has 1 aromatic carbocycles. The van der Waals surface area contributed by atoms with Crippen molar-refractivity contribution in [3.8, 4) is 5.75 Å². The Morgan fingerprint density at radius 3 is 2.68 bits per heavy atom. The van der Waals surface area contributed by atoms with Gasteiger partial charge in [0.2, 0.25) is 0 Å². The highest BCUT2D eigenvalue weighted by atomic mass is 32.1. The molecule has 3 rings (SSSR count). The van der Waals surface area contributed by atoms with E-state index in [1.54, 1.807) is 7.11 Å². The monoisotopic (exact) mass is 316 g/mol. The maximum absolute atomic E-state index is 12.0. The minimum Gasteiger partial charge on any atom is -0.497 e. The van der Waals surface area contributed by atoms with Crippen LogP contribution in [-0.4, -0.2) is 22.8 Å². The van der Waals surface area contributed by atoms with Gasteiger partial charge in [-0.3, -0.25) is 9.78 Å². The van der Waals surface area contributed by atoms with E-state index < -0.39 is 0 Å². The van der Waals surface area contributed by atoms with E-state index in [9.17, 15) is 4.79 Å². The van der Waals surface area contributed by atoms with E-state index in [0.29, 0.717) is 17.9 Å². The summed E-state index contributed by atoms with van der Waals surface area (Å²) in [7, 11) is 1.64. The molecule has 3 N–H and O–H groups in total. The molecule has 7 heteroatoms. The van der Waals surface area contributed by atoms with Crippen LogP contribution in [0.25, 0.3) is 0 Å². The third kappa shape index (κ3) is 2.80. The smallest absolute Gasteiger partial charge is 0.279 e. The number of hydrogen-bond acceptors (Lipinski definition) is 5. The predicted molar refractivity (Wildman–Crippen MR) is 89.0 cm³/mol. The molecule has 114 valence electrons. The summed E-state index contributed by atoms with van der Waals surface area (Å²) in [6, 6.07) is 7.82. The highest BCUT2D eigenvalue weighted by Gasteiger charge is 2.20. The van der Waals surface area contributed by atoms with Crippen molar-refractivity contribution in [2.45, 2.75) is 19.4 Å². The van der Waals surface area contributed by atoms with Crippen LogP contribution in [0.1, 0.15) is 24.9 Å². The molecule has 22 heavy (non-hydrogen) atoms. The Labute approximate surface area is 132 Å². The van der Waals surface area contributed by atoms with Crippen LogP contribution in [0.5, 0.6) is 5.75 Å². The fourth-order valence-corrected chi connectivity index (χ4v) is 2.68. The SMILES string of the molecule is COc1ccc([C@H]2CC(C)=Nc3c([nH]c(=S)[nH]c3=O)N2)cc1. The lowest BCUT2D eigenvalue weighted by Gasteiger charge is -2.18. The Kier molecular flexibility index (Phi) is 3.81. The fourth-order valence-electron chi connectivity index (χ4n) is 2.49. The molecule has 0 amide bonds. The summed E-state index contributed by atoms with van der Waals surface area (Å²) in [6.07, 6.45) is 0.695. The lowest BCUT2D eigenvalue weighted by Crippen LogP contribution is -2.15. The Bertz CT molecular complexity index is 836. The highest BCUT2D eigenvalue weighted by Crippen LogP contribution is 2.30. The van der Waals surface area contributed by atoms with E-state index in [1.165, 1.54) is 0 Å². The molecule has 0 unspecified atom stereocenters. The van der Waals surface area contributed by atoms with Gasteiger partial charge in [-0.2, -0.15) is 0 Å². The van der Waals surface area contributed by atoms with E-state index in [4.69, 9.17) is 17.0 Å². The quantitative estimate of drug-likeness (QED) is 0.744. The molecular weight excluding hydrogens is 300 g/mol. The van der Waals surface area contributed by atoms with Crippen LogP contribution in [0, 0.1) is 4.77 Å². The van der Waals surface area contributed by atoms with Crippen molar-refractivity contribution in [3.63, 3.8) is 0 Å². The van der Waals surface area contributed by atoms with Crippen molar-refractivity contribution in [2.24, 2.45) is 4.99 Å². The van der Waals surface area contributed by atoms with Gasteiger partial charge in [-0.15, -0.1) is 0 Å². The number of hydrogen-bond donors (Lipinski definition) is 3. The van der Waals surface area contributed by atoms with Crippen LogP contribution in [-0.2, 0) is 0 Å². The summed E-state index contributed by atoms with van der Waals surface area (Å²) < 4.78 is 5.46. The predicted octanol–water partition coefficient (Wildman–Crippen LogP) is 3.09. The molecule has 1 aliphatic rings. The van der Waals surface area contributed by atoms with Crippen LogP contribution in [0.2, 0.25) is 0 Å². The average molecular weight is 316 g/mol. The Balaban J connectivity index is 2.03. The van der Waals surface area contributed by atoms with Crippen LogP contribution >= 0.6 is 12.2 Å². The minimum absolute atomic E-state index is 0.00311. The molecule has 1 atom stereocenters. The number of nitrogens with zero attached hydrogens (tertiary/aromatic N) is 1. The molecule has 0 spiro atoms. The largest absolute Gasteiger partial charge is 0.497 e. The third-order valence-corrected chi connectivity index (χ3v) is 3.76. The van der Waals surface area contributed by atoms with E-state index in [0.717, 1.165) is 17.0 Å². The van der Waals surface area contributed by atoms with Crippen LogP contribution < -0.4 is 15.6 Å². The van der Waals surface area contributed by atoms with Gasteiger partial charge in [0.05, 0.1) is 13.2 Å². The highest BCUT2D eigenvalue weighted by molar-refractivity contribution is 7.71. The summed E-state index contributed by atoms with van der Waals surface area (Å²) in [4.78, 5) is 21.9. The Morgan fingerprint density at radius 2 is 2.00 bits per heavy atom. The van der Waals surface area contributed by atoms with Crippen molar-refractivity contribution in [1.82, 2.24) is 9.97 Å². The van der Waals surface area contributed by atoms with Crippen molar-refractivity contribution in [2.75, 3.05) is 12.4 Å². The number of fused-ring (bicyclic) bond motifs is 1. The molecule has 6 nitrogen and oxygen atoms in total. The summed E-state index contributed by atoms with van der Waals surface area (Å²) >= 11 is 5.03. The molecule has 0 bridgehead atoms. The van der Waals surface area contributed by atoms with Gasteiger partial charge in [0.1, 0.15) is 11.6 Å². The summed E-state index contributed by atoms with van der Waals surface area (Å²) in [5.41, 5.74) is 2.01. The number of aliphatic imine (C=N–C) groups is 1. The zero-order chi connectivity index (χ0) is 15.7. The van der Waals surface area contributed by atoms with Crippen molar-refractivity contribution < 1.29 is 4.74 Å². The first-order chi connectivity index (χ1) is 10.6. The number of ether oxygens (including phenoxy) is 1. The number of H-pyrrole nitrogens is 2. The average Bonchev–Trinajstić information content (AvgIpc) is 2.66. The van der Waals surface area contributed by atoms with Gasteiger partial charge in [0, 0.05) is 12.1 Å². The number of rotatable bonds is 2. The number of benzene rings is 1. The van der Waals surface area contributed by atoms with Gasteiger partial charge in [-0.05, 0) is 36.8 Å². The first-order valence-electron chi connectivity index (χ1n) is 6.88. The normalized spacial score (nSPS) is 17.0. The maximum Gasteiger partial charge on any atom is 0.279 e. The number of nitrogens with one attached hydrogen (secondary N) is 3. The van der Waals surface area contributed by atoms with Gasteiger partial charge in [-0.1, -0.05) is 12.1 Å². The first-order valence-corrected chi connectivity index (χ1v) is 7.29. The topological polar surface area (TPSA) is 82.3 Å². The Morgan fingerprint density at radius 1 is 1.27 bits per heavy atom. The standard InChI is InChI=1S/C15H16N4O2S/c1-8-7-11(9-3-5-10(21-2)6-4-9)17-13-12(16-8)14(20)19-15(22)18-13/h3-6,11H,7H2,1-2H3,(H3,17,18,19,20,22)/t11-/m1/s1. The van der Waals surface area contributed by atoms with E-state index in [2.05, 4.69) is 20.3 Å². The third-order valence-electron chi connectivity index (χ3n) is 3.56. The molecule has 1 aliphatic heterocycles. The van der Waals surface area contributed by atoms with Gasteiger partial charge >= 0.3 is 0 Å². The van der Waals surface area contributed by atoms with Gasteiger partial charge < -0.3 is 15.0 Å². The molecular formula is C15H16N4O2S. The van der Waals surface area contributed by atoms with E-state index >= 15 is 0 Å².